The molecule has 0 spiro atoms. The molecule has 1 aliphatic heterocycles. The van der Waals surface area contributed by atoms with E-state index in [1.807, 2.05) is 47.4 Å². The quantitative estimate of drug-likeness (QED) is 0.883. The SMILES string of the molecule is C#CCNC(=O)C1CCN(C(=O)c2cccc3ccccc23)CC1. The van der Waals surface area contributed by atoms with E-state index in [1.165, 1.54) is 0 Å². The Morgan fingerprint density at radius 3 is 2.58 bits per heavy atom. The van der Waals surface area contributed by atoms with Crippen LogP contribution in [-0.4, -0.2) is 36.3 Å². The first-order chi connectivity index (χ1) is 11.7. The van der Waals surface area contributed by atoms with Gasteiger partial charge in [0.2, 0.25) is 5.91 Å². The molecule has 0 saturated carbocycles. The molecule has 2 aromatic rings. The molecule has 24 heavy (non-hydrogen) atoms. The van der Waals surface area contributed by atoms with E-state index in [2.05, 4.69) is 11.2 Å². The molecule has 0 radical (unpaired) electrons. The average Bonchev–Trinajstić information content (AvgIpc) is 2.65. The first kappa shape index (κ1) is 16.1. The summed E-state index contributed by atoms with van der Waals surface area (Å²) in [6.07, 6.45) is 6.51. The highest BCUT2D eigenvalue weighted by molar-refractivity contribution is 6.07. The van der Waals surface area contributed by atoms with Crippen LogP contribution >= 0.6 is 0 Å². The minimum atomic E-state index is -0.0603. The van der Waals surface area contributed by atoms with Crippen LogP contribution in [0.2, 0.25) is 0 Å². The van der Waals surface area contributed by atoms with Gasteiger partial charge in [-0.25, -0.2) is 0 Å². The maximum Gasteiger partial charge on any atom is 0.254 e. The lowest BCUT2D eigenvalue weighted by atomic mass is 9.95. The van der Waals surface area contributed by atoms with Crippen LogP contribution < -0.4 is 5.32 Å². The van der Waals surface area contributed by atoms with Crippen LogP contribution in [0, 0.1) is 18.3 Å². The van der Waals surface area contributed by atoms with Crippen molar-refractivity contribution in [2.45, 2.75) is 12.8 Å². The van der Waals surface area contributed by atoms with Crippen LogP contribution in [0.25, 0.3) is 10.8 Å². The van der Waals surface area contributed by atoms with E-state index in [0.717, 1.165) is 16.3 Å². The van der Waals surface area contributed by atoms with Crippen LogP contribution in [-0.2, 0) is 4.79 Å². The number of hydrogen-bond donors (Lipinski definition) is 1. The summed E-state index contributed by atoms with van der Waals surface area (Å²) >= 11 is 0. The van der Waals surface area contributed by atoms with E-state index >= 15 is 0 Å². The third-order valence-electron chi connectivity index (χ3n) is 4.54. The lowest BCUT2D eigenvalue weighted by Crippen LogP contribution is -2.43. The van der Waals surface area contributed by atoms with Crippen molar-refractivity contribution in [1.29, 1.82) is 0 Å². The van der Waals surface area contributed by atoms with Gasteiger partial charge in [0.25, 0.3) is 5.91 Å². The van der Waals surface area contributed by atoms with Gasteiger partial charge in [-0.2, -0.15) is 0 Å². The smallest absolute Gasteiger partial charge is 0.254 e. The Labute approximate surface area is 141 Å². The molecule has 0 aliphatic carbocycles. The van der Waals surface area contributed by atoms with Crippen molar-refractivity contribution < 1.29 is 9.59 Å². The molecule has 2 amide bonds. The van der Waals surface area contributed by atoms with Crippen LogP contribution in [0.5, 0.6) is 0 Å². The highest BCUT2D eigenvalue weighted by Gasteiger charge is 2.28. The molecule has 0 atom stereocenters. The summed E-state index contributed by atoms with van der Waals surface area (Å²) in [5, 5.41) is 4.76. The van der Waals surface area contributed by atoms with E-state index in [-0.39, 0.29) is 24.3 Å². The fourth-order valence-corrected chi connectivity index (χ4v) is 3.21. The molecule has 1 saturated heterocycles. The van der Waals surface area contributed by atoms with Crippen LogP contribution in [0.3, 0.4) is 0 Å². The zero-order valence-corrected chi connectivity index (χ0v) is 13.5. The van der Waals surface area contributed by atoms with Gasteiger partial charge in [0.1, 0.15) is 0 Å². The van der Waals surface area contributed by atoms with Gasteiger partial charge in [0.15, 0.2) is 0 Å². The zero-order valence-electron chi connectivity index (χ0n) is 13.5. The Morgan fingerprint density at radius 1 is 1.12 bits per heavy atom. The molecule has 4 heteroatoms. The average molecular weight is 320 g/mol. The molecule has 1 aliphatic rings. The molecule has 4 nitrogen and oxygen atoms in total. The third-order valence-corrected chi connectivity index (χ3v) is 4.54. The minimum Gasteiger partial charge on any atom is -0.345 e. The fourth-order valence-electron chi connectivity index (χ4n) is 3.21. The van der Waals surface area contributed by atoms with E-state index in [9.17, 15) is 9.59 Å². The van der Waals surface area contributed by atoms with Crippen molar-refractivity contribution in [1.82, 2.24) is 10.2 Å². The lowest BCUT2D eigenvalue weighted by molar-refractivity contribution is -0.126. The third kappa shape index (κ3) is 3.26. The molecule has 1 fully saturated rings. The number of nitrogens with zero attached hydrogens (tertiary/aromatic N) is 1. The number of nitrogens with one attached hydrogen (secondary N) is 1. The number of amides is 2. The topological polar surface area (TPSA) is 49.4 Å². The standard InChI is InChI=1S/C20H20N2O2/c1-2-12-21-19(23)16-10-13-22(14-11-16)20(24)18-9-5-7-15-6-3-4-8-17(15)18/h1,3-9,16H,10-14H2,(H,21,23). The molecule has 122 valence electrons. The molecule has 0 unspecified atom stereocenters. The Hall–Kier alpha value is -2.80. The fraction of sp³-hybridized carbons (Fsp3) is 0.300. The Balaban J connectivity index is 1.69. The van der Waals surface area contributed by atoms with Crippen molar-refractivity contribution in [2.75, 3.05) is 19.6 Å². The van der Waals surface area contributed by atoms with E-state index in [4.69, 9.17) is 6.42 Å². The van der Waals surface area contributed by atoms with Crippen molar-refractivity contribution in [3.05, 3.63) is 48.0 Å². The van der Waals surface area contributed by atoms with E-state index < -0.39 is 0 Å². The summed E-state index contributed by atoms with van der Waals surface area (Å²) in [5.74, 6) is 2.37. The van der Waals surface area contributed by atoms with Crippen molar-refractivity contribution >= 4 is 22.6 Å². The first-order valence-corrected chi connectivity index (χ1v) is 8.19. The van der Waals surface area contributed by atoms with Crippen LogP contribution in [0.1, 0.15) is 23.2 Å². The van der Waals surface area contributed by atoms with Crippen molar-refractivity contribution in [2.24, 2.45) is 5.92 Å². The van der Waals surface area contributed by atoms with Gasteiger partial charge in [-0.1, -0.05) is 42.3 Å². The van der Waals surface area contributed by atoms with Gasteiger partial charge in [-0.05, 0) is 29.7 Å². The van der Waals surface area contributed by atoms with Gasteiger partial charge in [0.05, 0.1) is 6.54 Å². The van der Waals surface area contributed by atoms with Crippen molar-refractivity contribution in [3.63, 3.8) is 0 Å². The number of rotatable bonds is 3. The summed E-state index contributed by atoms with van der Waals surface area (Å²) in [6, 6.07) is 13.7. The number of fused-ring (bicyclic) bond motifs is 1. The maximum atomic E-state index is 12.9. The van der Waals surface area contributed by atoms with E-state index in [1.54, 1.807) is 0 Å². The molecule has 0 bridgehead atoms. The monoisotopic (exact) mass is 320 g/mol. The number of benzene rings is 2. The van der Waals surface area contributed by atoms with Gasteiger partial charge in [0, 0.05) is 24.6 Å². The largest absolute Gasteiger partial charge is 0.345 e. The summed E-state index contributed by atoms with van der Waals surface area (Å²) in [7, 11) is 0. The van der Waals surface area contributed by atoms with Gasteiger partial charge in [-0.3, -0.25) is 9.59 Å². The Bertz CT molecular complexity index is 793. The molecule has 1 heterocycles. The predicted molar refractivity (Wildman–Crippen MR) is 94.4 cm³/mol. The van der Waals surface area contributed by atoms with E-state index in [0.29, 0.717) is 25.9 Å². The Morgan fingerprint density at radius 2 is 1.83 bits per heavy atom. The highest BCUT2D eigenvalue weighted by Crippen LogP contribution is 2.23. The number of likely N-dealkylation sites (tertiary alicyclic amines) is 1. The number of hydrogen-bond acceptors (Lipinski definition) is 2. The molecule has 0 aromatic heterocycles. The predicted octanol–water partition coefficient (Wildman–Crippen LogP) is 2.44. The second-order valence-corrected chi connectivity index (χ2v) is 6.02. The molecular formula is C20H20N2O2. The molecule has 2 aromatic carbocycles. The lowest BCUT2D eigenvalue weighted by Gasteiger charge is -2.31. The maximum absolute atomic E-state index is 12.9. The van der Waals surface area contributed by atoms with Crippen LogP contribution in [0.15, 0.2) is 42.5 Å². The number of piperidine rings is 1. The van der Waals surface area contributed by atoms with Gasteiger partial charge < -0.3 is 10.2 Å². The van der Waals surface area contributed by atoms with Gasteiger partial charge in [-0.15, -0.1) is 6.42 Å². The summed E-state index contributed by atoms with van der Waals surface area (Å²) in [4.78, 5) is 26.7. The van der Waals surface area contributed by atoms with Crippen molar-refractivity contribution in [3.8, 4) is 12.3 Å². The number of terminal acetylenes is 1. The molecule has 1 N–H and O–H groups in total. The zero-order chi connectivity index (χ0) is 16.9. The summed E-state index contributed by atoms with van der Waals surface area (Å²) in [6.45, 7) is 1.44. The molecule has 3 rings (SSSR count). The number of carbonyl (C=O) groups is 2. The second-order valence-electron chi connectivity index (χ2n) is 6.02. The van der Waals surface area contributed by atoms with Crippen LogP contribution in [0.4, 0.5) is 0 Å². The first-order valence-electron chi connectivity index (χ1n) is 8.19. The summed E-state index contributed by atoms with van der Waals surface area (Å²) in [5.41, 5.74) is 0.725. The normalized spacial score (nSPS) is 15.0. The highest BCUT2D eigenvalue weighted by atomic mass is 16.2. The summed E-state index contributed by atoms with van der Waals surface area (Å²) < 4.78 is 0. The number of carbonyl (C=O) groups excluding carboxylic acids is 2. The molecular weight excluding hydrogens is 300 g/mol. The van der Waals surface area contributed by atoms with Gasteiger partial charge >= 0.3 is 0 Å². The Kier molecular flexibility index (Phi) is 4.81. The minimum absolute atomic E-state index is 0.00906. The second kappa shape index (κ2) is 7.18.